The van der Waals surface area contributed by atoms with Crippen LogP contribution in [0.1, 0.15) is 23.6 Å². The first-order chi connectivity index (χ1) is 16.0. The molecule has 0 saturated carbocycles. The maximum absolute atomic E-state index is 11.7. The minimum atomic E-state index is -3.22. The fourth-order valence-electron chi connectivity index (χ4n) is 4.36. The molecule has 0 radical (unpaired) electrons. The summed E-state index contributed by atoms with van der Waals surface area (Å²) in [7, 11) is -3.22. The number of rotatable bonds is 6. The van der Waals surface area contributed by atoms with E-state index >= 15 is 0 Å². The van der Waals surface area contributed by atoms with Crippen LogP contribution in [-0.4, -0.2) is 47.6 Å². The number of nitrogens with one attached hydrogen (secondary N) is 1. The van der Waals surface area contributed by atoms with Gasteiger partial charge in [-0.05, 0) is 61.0 Å². The molecule has 3 aromatic heterocycles. The van der Waals surface area contributed by atoms with Crippen LogP contribution < -0.4 is 5.32 Å². The molecule has 1 aliphatic rings. The molecule has 0 spiro atoms. The van der Waals surface area contributed by atoms with Crippen molar-refractivity contribution in [2.75, 3.05) is 24.7 Å². The molecule has 4 heterocycles. The fourth-order valence-corrected chi connectivity index (χ4v) is 4.99. The van der Waals surface area contributed by atoms with Crippen LogP contribution in [0.3, 0.4) is 0 Å². The molecule has 5 rings (SSSR count). The number of sulfone groups is 1. The van der Waals surface area contributed by atoms with Gasteiger partial charge >= 0.3 is 0 Å². The Hall–Kier alpha value is -3.36. The number of benzene rings is 1. The molecule has 0 aliphatic carbocycles. The Morgan fingerprint density at radius 2 is 1.91 bits per heavy atom. The van der Waals surface area contributed by atoms with E-state index in [1.165, 1.54) is 11.8 Å². The monoisotopic (exact) mass is 459 g/mol. The highest BCUT2D eigenvalue weighted by Crippen LogP contribution is 2.32. The second-order valence-electron chi connectivity index (χ2n) is 8.49. The van der Waals surface area contributed by atoms with Crippen molar-refractivity contribution in [3.8, 4) is 0 Å². The normalized spacial score (nSPS) is 16.8. The first-order valence-electron chi connectivity index (χ1n) is 10.9. The first kappa shape index (κ1) is 21.5. The molecule has 1 fully saturated rings. The van der Waals surface area contributed by atoms with Crippen LogP contribution in [0.5, 0.6) is 0 Å². The SMILES string of the molecule is CS(=O)(=O)c1ccc(Nc2cc3c(C4CCN(Cc5cccnc5)C4)nccc3cn2)cc1. The van der Waals surface area contributed by atoms with E-state index in [0.29, 0.717) is 16.6 Å². The largest absolute Gasteiger partial charge is 0.340 e. The Morgan fingerprint density at radius 1 is 1.06 bits per heavy atom. The van der Waals surface area contributed by atoms with Crippen LogP contribution >= 0.6 is 0 Å². The highest BCUT2D eigenvalue weighted by Gasteiger charge is 2.26. The lowest BCUT2D eigenvalue weighted by Gasteiger charge is -2.17. The molecule has 0 bridgehead atoms. The van der Waals surface area contributed by atoms with Crippen LogP contribution in [0.25, 0.3) is 10.8 Å². The van der Waals surface area contributed by atoms with Crippen molar-refractivity contribution in [1.82, 2.24) is 19.9 Å². The Bertz CT molecular complexity index is 1380. The second-order valence-corrected chi connectivity index (χ2v) is 10.5. The molecule has 1 saturated heterocycles. The predicted octanol–water partition coefficient (Wildman–Crippen LogP) is 4.16. The number of likely N-dealkylation sites (tertiary alicyclic amines) is 1. The van der Waals surface area contributed by atoms with Crippen molar-refractivity contribution in [2.24, 2.45) is 0 Å². The number of anilines is 2. The third-order valence-electron chi connectivity index (χ3n) is 6.02. The van der Waals surface area contributed by atoms with E-state index in [1.807, 2.05) is 36.8 Å². The summed E-state index contributed by atoms with van der Waals surface area (Å²) >= 11 is 0. The Balaban J connectivity index is 1.36. The smallest absolute Gasteiger partial charge is 0.175 e. The van der Waals surface area contributed by atoms with Gasteiger partial charge in [-0.1, -0.05) is 6.07 Å². The molecule has 7 nitrogen and oxygen atoms in total. The third-order valence-corrected chi connectivity index (χ3v) is 7.15. The molecule has 0 amide bonds. The van der Waals surface area contributed by atoms with Crippen LogP contribution in [0.2, 0.25) is 0 Å². The molecule has 8 heteroatoms. The molecule has 1 atom stereocenters. The zero-order chi connectivity index (χ0) is 22.8. The number of hydrogen-bond donors (Lipinski definition) is 1. The minimum Gasteiger partial charge on any atom is -0.340 e. The lowest BCUT2D eigenvalue weighted by molar-refractivity contribution is 0.326. The third kappa shape index (κ3) is 4.86. The summed E-state index contributed by atoms with van der Waals surface area (Å²) in [5.41, 5.74) is 3.10. The Morgan fingerprint density at radius 3 is 2.67 bits per heavy atom. The molecule has 168 valence electrons. The van der Waals surface area contributed by atoms with Crippen molar-refractivity contribution >= 4 is 32.1 Å². The van der Waals surface area contributed by atoms with E-state index in [1.54, 1.807) is 30.5 Å². The van der Waals surface area contributed by atoms with Gasteiger partial charge < -0.3 is 5.32 Å². The average Bonchev–Trinajstić information content (AvgIpc) is 3.27. The van der Waals surface area contributed by atoms with Crippen molar-refractivity contribution < 1.29 is 8.42 Å². The predicted molar refractivity (Wildman–Crippen MR) is 129 cm³/mol. The van der Waals surface area contributed by atoms with E-state index in [2.05, 4.69) is 26.3 Å². The van der Waals surface area contributed by atoms with Crippen molar-refractivity contribution in [2.45, 2.75) is 23.8 Å². The lowest BCUT2D eigenvalue weighted by atomic mass is 9.99. The van der Waals surface area contributed by atoms with E-state index in [4.69, 9.17) is 4.98 Å². The van der Waals surface area contributed by atoms with E-state index in [-0.39, 0.29) is 0 Å². The van der Waals surface area contributed by atoms with Crippen LogP contribution in [0.4, 0.5) is 11.5 Å². The molecular formula is C25H25N5O2S. The number of hydrogen-bond acceptors (Lipinski definition) is 7. The zero-order valence-corrected chi connectivity index (χ0v) is 19.2. The van der Waals surface area contributed by atoms with Crippen molar-refractivity contribution in [3.05, 3.63) is 84.6 Å². The summed E-state index contributed by atoms with van der Waals surface area (Å²) in [5, 5.41) is 5.44. The maximum Gasteiger partial charge on any atom is 0.175 e. The van der Waals surface area contributed by atoms with Gasteiger partial charge in [-0.2, -0.15) is 0 Å². The van der Waals surface area contributed by atoms with E-state index in [9.17, 15) is 8.42 Å². The van der Waals surface area contributed by atoms with Crippen LogP contribution in [0.15, 0.2) is 78.2 Å². The molecule has 33 heavy (non-hydrogen) atoms. The quantitative estimate of drug-likeness (QED) is 0.463. The fraction of sp³-hybridized carbons (Fsp3) is 0.240. The number of aromatic nitrogens is 3. The van der Waals surface area contributed by atoms with Gasteiger partial charge in [0.15, 0.2) is 9.84 Å². The average molecular weight is 460 g/mol. The number of nitrogens with zero attached hydrogens (tertiary/aromatic N) is 4. The molecule has 1 N–H and O–H groups in total. The Labute approximate surface area is 193 Å². The summed E-state index contributed by atoms with van der Waals surface area (Å²) in [4.78, 5) is 16.3. The zero-order valence-electron chi connectivity index (χ0n) is 18.3. The summed E-state index contributed by atoms with van der Waals surface area (Å²) < 4.78 is 23.4. The summed E-state index contributed by atoms with van der Waals surface area (Å²) in [6, 6.07) is 14.8. The van der Waals surface area contributed by atoms with Gasteiger partial charge in [0.2, 0.25) is 0 Å². The number of pyridine rings is 3. The van der Waals surface area contributed by atoms with Crippen molar-refractivity contribution in [3.63, 3.8) is 0 Å². The second kappa shape index (κ2) is 8.88. The highest BCUT2D eigenvalue weighted by molar-refractivity contribution is 7.90. The first-order valence-corrected chi connectivity index (χ1v) is 12.8. The van der Waals surface area contributed by atoms with Gasteiger partial charge in [-0.15, -0.1) is 0 Å². The lowest BCUT2D eigenvalue weighted by Crippen LogP contribution is -2.20. The van der Waals surface area contributed by atoms with Crippen LogP contribution in [0, 0.1) is 0 Å². The highest BCUT2D eigenvalue weighted by atomic mass is 32.2. The molecule has 4 aromatic rings. The Kier molecular flexibility index (Phi) is 5.78. The van der Waals surface area contributed by atoms with Gasteiger partial charge in [-0.3, -0.25) is 14.9 Å². The summed E-state index contributed by atoms with van der Waals surface area (Å²) in [6.45, 7) is 2.88. The van der Waals surface area contributed by atoms with Gasteiger partial charge in [-0.25, -0.2) is 13.4 Å². The molecule has 1 aromatic carbocycles. The summed E-state index contributed by atoms with van der Waals surface area (Å²) in [5.74, 6) is 1.06. The van der Waals surface area contributed by atoms with Crippen molar-refractivity contribution in [1.29, 1.82) is 0 Å². The minimum absolute atomic E-state index is 0.295. The topological polar surface area (TPSA) is 88.1 Å². The number of fused-ring (bicyclic) bond motifs is 1. The van der Waals surface area contributed by atoms with Gasteiger partial charge in [0.25, 0.3) is 0 Å². The van der Waals surface area contributed by atoms with Gasteiger partial charge in [0.1, 0.15) is 5.82 Å². The molecule has 1 aliphatic heterocycles. The standard InChI is InChI=1S/C25H25N5O2S/c1-33(31,32)22-6-4-21(5-7-22)29-24-13-23-19(15-28-24)8-11-27-25(23)20-9-12-30(17-20)16-18-3-2-10-26-14-18/h2-8,10-11,13-15,20H,9,12,16-17H2,1H3,(H,28,29). The van der Waals surface area contributed by atoms with E-state index < -0.39 is 9.84 Å². The molecule has 1 unspecified atom stereocenters. The molecular weight excluding hydrogens is 434 g/mol. The maximum atomic E-state index is 11.7. The van der Waals surface area contributed by atoms with E-state index in [0.717, 1.165) is 48.2 Å². The van der Waals surface area contributed by atoms with Crippen LogP contribution in [-0.2, 0) is 16.4 Å². The van der Waals surface area contributed by atoms with Gasteiger partial charge in [0, 0.05) is 66.5 Å². The van der Waals surface area contributed by atoms with Gasteiger partial charge in [0.05, 0.1) is 10.6 Å². The summed E-state index contributed by atoms with van der Waals surface area (Å²) in [6.07, 6.45) is 9.71.